The first-order chi connectivity index (χ1) is 28.0. The molecule has 0 aromatic heterocycles. The standard InChI is InChI=1S/C51H103NO5/c1-3-5-7-9-10-11-12-13-14-15-16-17-18-19-20-21-22-23-24-25-26-27-28-29-30-31-32-33-34-35-36-37-38-39-41-43-45-49(55)51(57)52-47(46-53)50(56)48(54)44-42-40-8-6-4-2/h47-50,53-56H,3-46H2,1-2H3,(H,52,57). The molecule has 0 saturated heterocycles. The Hall–Kier alpha value is -0.690. The summed E-state index contributed by atoms with van der Waals surface area (Å²) in [6, 6.07) is -0.976. The quantitative estimate of drug-likeness (QED) is 0.0393. The van der Waals surface area contributed by atoms with Gasteiger partial charge < -0.3 is 25.7 Å². The highest BCUT2D eigenvalue weighted by molar-refractivity contribution is 5.80. The highest BCUT2D eigenvalue weighted by Gasteiger charge is 2.28. The van der Waals surface area contributed by atoms with Crippen molar-refractivity contribution >= 4 is 5.91 Å². The first-order valence-corrected chi connectivity index (χ1v) is 25.9. The SMILES string of the molecule is CCCCCCCCCCCCCCCCCCCCCCCCCCCCCCCCCCCCCCC(O)C(=O)NC(CO)C(O)C(O)CCCCCCC. The maximum absolute atomic E-state index is 12.4. The van der Waals surface area contributed by atoms with E-state index >= 15 is 0 Å². The Bertz CT molecular complexity index is 781. The number of carbonyl (C=O) groups is 1. The molecule has 0 bridgehead atoms. The summed E-state index contributed by atoms with van der Waals surface area (Å²) in [5.74, 6) is -0.584. The molecule has 1 amide bonds. The van der Waals surface area contributed by atoms with Crippen LogP contribution >= 0.6 is 0 Å². The van der Waals surface area contributed by atoms with E-state index in [1.54, 1.807) is 0 Å². The van der Waals surface area contributed by atoms with E-state index in [2.05, 4.69) is 19.2 Å². The lowest BCUT2D eigenvalue weighted by atomic mass is 9.99. The fourth-order valence-electron chi connectivity index (χ4n) is 8.47. The molecule has 4 unspecified atom stereocenters. The molecule has 6 heteroatoms. The van der Waals surface area contributed by atoms with Crippen LogP contribution in [-0.2, 0) is 4.79 Å². The molecule has 0 aromatic rings. The normalized spacial score (nSPS) is 13.9. The van der Waals surface area contributed by atoms with Crippen LogP contribution in [0.1, 0.15) is 290 Å². The summed E-state index contributed by atoms with van der Waals surface area (Å²) in [4.78, 5) is 12.4. The molecule has 0 aliphatic heterocycles. The molecule has 0 heterocycles. The topological polar surface area (TPSA) is 110 Å². The Morgan fingerprint density at radius 1 is 0.368 bits per heavy atom. The molecule has 0 rings (SSSR count). The maximum atomic E-state index is 12.4. The minimum Gasteiger partial charge on any atom is -0.394 e. The van der Waals surface area contributed by atoms with Crippen molar-refractivity contribution in [2.45, 2.75) is 314 Å². The first-order valence-electron chi connectivity index (χ1n) is 25.9. The molecular weight excluding hydrogens is 707 g/mol. The van der Waals surface area contributed by atoms with Crippen molar-refractivity contribution in [3.8, 4) is 0 Å². The minimum absolute atomic E-state index is 0.375. The van der Waals surface area contributed by atoms with E-state index in [1.165, 1.54) is 212 Å². The van der Waals surface area contributed by atoms with Gasteiger partial charge in [0.15, 0.2) is 0 Å². The van der Waals surface area contributed by atoms with E-state index in [0.717, 1.165) is 51.4 Å². The highest BCUT2D eigenvalue weighted by Crippen LogP contribution is 2.18. The van der Waals surface area contributed by atoms with Crippen LogP contribution in [0.5, 0.6) is 0 Å². The first kappa shape index (κ1) is 56.3. The number of aliphatic hydroxyl groups is 4. The number of hydrogen-bond acceptors (Lipinski definition) is 5. The average molecular weight is 810 g/mol. The van der Waals surface area contributed by atoms with Gasteiger partial charge in [0.05, 0.1) is 18.8 Å². The number of hydrogen-bond donors (Lipinski definition) is 5. The lowest BCUT2D eigenvalue weighted by molar-refractivity contribution is -0.132. The largest absolute Gasteiger partial charge is 0.394 e. The van der Waals surface area contributed by atoms with Crippen molar-refractivity contribution in [3.05, 3.63) is 0 Å². The molecule has 4 atom stereocenters. The van der Waals surface area contributed by atoms with Gasteiger partial charge in [-0.05, 0) is 12.8 Å². The van der Waals surface area contributed by atoms with Gasteiger partial charge in [-0.25, -0.2) is 0 Å². The van der Waals surface area contributed by atoms with E-state index in [0.29, 0.717) is 12.8 Å². The van der Waals surface area contributed by atoms with Gasteiger partial charge in [-0.1, -0.05) is 277 Å². The average Bonchev–Trinajstić information content (AvgIpc) is 3.22. The van der Waals surface area contributed by atoms with Gasteiger partial charge in [-0.3, -0.25) is 4.79 Å². The van der Waals surface area contributed by atoms with E-state index in [4.69, 9.17) is 0 Å². The number of carbonyl (C=O) groups excluding carboxylic acids is 1. The van der Waals surface area contributed by atoms with Crippen LogP contribution in [0, 0.1) is 0 Å². The van der Waals surface area contributed by atoms with Crippen molar-refractivity contribution in [2.24, 2.45) is 0 Å². The molecule has 0 radical (unpaired) electrons. The second kappa shape index (κ2) is 46.4. The van der Waals surface area contributed by atoms with Crippen LogP contribution in [0.25, 0.3) is 0 Å². The van der Waals surface area contributed by atoms with Gasteiger partial charge in [0, 0.05) is 0 Å². The smallest absolute Gasteiger partial charge is 0.249 e. The summed E-state index contributed by atoms with van der Waals surface area (Å²) in [7, 11) is 0. The molecule has 0 fully saturated rings. The fourth-order valence-corrected chi connectivity index (χ4v) is 8.47. The maximum Gasteiger partial charge on any atom is 0.249 e. The third kappa shape index (κ3) is 40.5. The number of nitrogens with one attached hydrogen (secondary N) is 1. The summed E-state index contributed by atoms with van der Waals surface area (Å²) in [5, 5.41) is 43.2. The van der Waals surface area contributed by atoms with Crippen molar-refractivity contribution in [1.29, 1.82) is 0 Å². The van der Waals surface area contributed by atoms with E-state index in [1.807, 2.05) is 0 Å². The summed E-state index contributed by atoms with van der Waals surface area (Å²) >= 11 is 0. The third-order valence-electron chi connectivity index (χ3n) is 12.6. The monoisotopic (exact) mass is 810 g/mol. The van der Waals surface area contributed by atoms with Crippen LogP contribution in [0.3, 0.4) is 0 Å². The van der Waals surface area contributed by atoms with Gasteiger partial charge in [0.1, 0.15) is 12.2 Å². The molecule has 57 heavy (non-hydrogen) atoms. The Kier molecular flexibility index (Phi) is 45.8. The van der Waals surface area contributed by atoms with Gasteiger partial charge in [0.2, 0.25) is 5.91 Å². The second-order valence-electron chi connectivity index (χ2n) is 18.2. The van der Waals surface area contributed by atoms with Gasteiger partial charge in [-0.2, -0.15) is 0 Å². The number of amides is 1. The predicted molar refractivity (Wildman–Crippen MR) is 247 cm³/mol. The van der Waals surface area contributed by atoms with Crippen LogP contribution in [0.15, 0.2) is 0 Å². The van der Waals surface area contributed by atoms with Crippen LogP contribution in [0.2, 0.25) is 0 Å². The van der Waals surface area contributed by atoms with E-state index in [9.17, 15) is 25.2 Å². The number of rotatable bonds is 48. The zero-order valence-electron chi connectivity index (χ0n) is 38.6. The summed E-state index contributed by atoms with van der Waals surface area (Å²) in [6.45, 7) is 3.97. The molecule has 6 nitrogen and oxygen atoms in total. The molecule has 0 saturated carbocycles. The van der Waals surface area contributed by atoms with Crippen LogP contribution in [-0.4, -0.2) is 57.3 Å². The fraction of sp³-hybridized carbons (Fsp3) is 0.980. The van der Waals surface area contributed by atoms with Crippen LogP contribution in [0.4, 0.5) is 0 Å². The Morgan fingerprint density at radius 2 is 0.596 bits per heavy atom. The van der Waals surface area contributed by atoms with Crippen molar-refractivity contribution in [2.75, 3.05) is 6.61 Å². The lowest BCUT2D eigenvalue weighted by Crippen LogP contribution is -2.53. The van der Waals surface area contributed by atoms with Crippen molar-refractivity contribution < 1.29 is 25.2 Å². The number of unbranched alkanes of at least 4 members (excludes halogenated alkanes) is 39. The van der Waals surface area contributed by atoms with Crippen molar-refractivity contribution in [1.82, 2.24) is 5.32 Å². The Balaban J connectivity index is 3.37. The summed E-state index contributed by atoms with van der Waals surface area (Å²) in [6.07, 6.45) is 52.5. The molecule has 0 aliphatic rings. The predicted octanol–water partition coefficient (Wildman–Crippen LogP) is 14.4. The molecule has 342 valence electrons. The van der Waals surface area contributed by atoms with Gasteiger partial charge in [0.25, 0.3) is 0 Å². The summed E-state index contributed by atoms with van der Waals surface area (Å²) < 4.78 is 0. The zero-order valence-corrected chi connectivity index (χ0v) is 38.6. The minimum atomic E-state index is -1.25. The van der Waals surface area contributed by atoms with Crippen LogP contribution < -0.4 is 5.32 Å². The Morgan fingerprint density at radius 3 is 0.842 bits per heavy atom. The Labute approximate surface area is 356 Å². The van der Waals surface area contributed by atoms with Crippen molar-refractivity contribution in [3.63, 3.8) is 0 Å². The molecule has 0 spiro atoms. The molecule has 5 N–H and O–H groups in total. The summed E-state index contributed by atoms with van der Waals surface area (Å²) in [5.41, 5.74) is 0. The highest BCUT2D eigenvalue weighted by atomic mass is 16.3. The van der Waals surface area contributed by atoms with Gasteiger partial charge in [-0.15, -0.1) is 0 Å². The van der Waals surface area contributed by atoms with E-state index < -0.39 is 36.9 Å². The molecule has 0 aliphatic carbocycles. The third-order valence-corrected chi connectivity index (χ3v) is 12.6. The molecule has 0 aromatic carbocycles. The zero-order chi connectivity index (χ0) is 41.7. The lowest BCUT2D eigenvalue weighted by Gasteiger charge is -2.27. The van der Waals surface area contributed by atoms with E-state index in [-0.39, 0.29) is 0 Å². The van der Waals surface area contributed by atoms with Gasteiger partial charge >= 0.3 is 0 Å². The number of aliphatic hydroxyl groups excluding tert-OH is 4. The second-order valence-corrected chi connectivity index (χ2v) is 18.2. The molecular formula is C51H103NO5.